The second-order valence-electron chi connectivity index (χ2n) is 8.00. The van der Waals surface area contributed by atoms with E-state index >= 15 is 0 Å². The molecule has 1 aliphatic carbocycles. The molecule has 3 atom stereocenters. The van der Waals surface area contributed by atoms with Crippen LogP contribution in [0.1, 0.15) is 69.2 Å². The van der Waals surface area contributed by atoms with Gasteiger partial charge in [-0.15, -0.1) is 0 Å². The fourth-order valence-corrected chi connectivity index (χ4v) is 4.10. The van der Waals surface area contributed by atoms with Gasteiger partial charge in [0, 0.05) is 23.5 Å². The molecule has 156 valence electrons. The van der Waals surface area contributed by atoms with Crippen molar-refractivity contribution in [2.75, 3.05) is 6.61 Å². The third kappa shape index (κ3) is 4.55. The maximum absolute atomic E-state index is 13.4. The number of hydrogen-bond donors (Lipinski definition) is 1. The van der Waals surface area contributed by atoms with Crippen LogP contribution in [0.3, 0.4) is 0 Å². The number of aromatic amines is 1. The Kier molecular flexibility index (Phi) is 6.04. The van der Waals surface area contributed by atoms with Gasteiger partial charge in [-0.3, -0.25) is 4.98 Å². The molecule has 2 aromatic heterocycles. The van der Waals surface area contributed by atoms with Crippen molar-refractivity contribution in [2.24, 2.45) is 0 Å². The zero-order chi connectivity index (χ0) is 20.4. The minimum absolute atomic E-state index is 0.0453. The van der Waals surface area contributed by atoms with Gasteiger partial charge in [-0.25, -0.2) is 18.2 Å². The van der Waals surface area contributed by atoms with Gasteiger partial charge in [0.2, 0.25) is 0 Å². The molecule has 7 heteroatoms. The third-order valence-electron chi connectivity index (χ3n) is 5.77. The summed E-state index contributed by atoms with van der Waals surface area (Å²) >= 11 is 0. The maximum atomic E-state index is 13.4. The first kappa shape index (κ1) is 20.1. The van der Waals surface area contributed by atoms with Crippen molar-refractivity contribution in [1.29, 1.82) is 0 Å². The van der Waals surface area contributed by atoms with Crippen LogP contribution in [0.4, 0.5) is 13.2 Å². The van der Waals surface area contributed by atoms with E-state index in [2.05, 4.69) is 21.9 Å². The molecular weight excluding hydrogens is 379 g/mol. The first-order valence-corrected chi connectivity index (χ1v) is 10.3. The lowest BCUT2D eigenvalue weighted by molar-refractivity contribution is 0.0285. The van der Waals surface area contributed by atoms with Crippen molar-refractivity contribution in [3.8, 4) is 0 Å². The molecule has 29 heavy (non-hydrogen) atoms. The van der Waals surface area contributed by atoms with E-state index in [0.717, 1.165) is 18.9 Å². The number of rotatable bonds is 2. The Morgan fingerprint density at radius 3 is 2.66 bits per heavy atom. The monoisotopic (exact) mass is 405 g/mol. The molecule has 1 saturated carbocycles. The summed E-state index contributed by atoms with van der Waals surface area (Å²) in [6.45, 7) is 3.13. The number of fused-ring (bicyclic) bond motifs is 3. The molecule has 1 aliphatic heterocycles. The van der Waals surface area contributed by atoms with Gasteiger partial charge < -0.3 is 9.72 Å². The van der Waals surface area contributed by atoms with Crippen LogP contribution in [0.2, 0.25) is 0 Å². The Morgan fingerprint density at radius 1 is 1.17 bits per heavy atom. The predicted octanol–water partition coefficient (Wildman–Crippen LogP) is 6.23. The average Bonchev–Trinajstić information content (AvgIpc) is 3.34. The number of imidazole rings is 1. The summed E-state index contributed by atoms with van der Waals surface area (Å²) in [5.41, 5.74) is 1.92. The fraction of sp³-hybridized carbons (Fsp3) is 0.545. The number of H-pyrrole nitrogens is 1. The minimum atomic E-state index is -2.53. The molecule has 3 aromatic rings. The lowest BCUT2D eigenvalue weighted by Crippen LogP contribution is -2.14. The molecule has 0 radical (unpaired) electrons. The van der Waals surface area contributed by atoms with Gasteiger partial charge in [-0.1, -0.05) is 6.07 Å². The van der Waals surface area contributed by atoms with E-state index in [-0.39, 0.29) is 11.5 Å². The molecule has 5 rings (SSSR count). The van der Waals surface area contributed by atoms with E-state index < -0.39 is 12.6 Å². The van der Waals surface area contributed by atoms with Crippen LogP contribution in [0.25, 0.3) is 21.9 Å². The molecule has 1 aromatic carbocycles. The molecule has 0 amide bonds. The van der Waals surface area contributed by atoms with Crippen molar-refractivity contribution in [2.45, 2.75) is 70.1 Å². The van der Waals surface area contributed by atoms with Gasteiger partial charge in [0.15, 0.2) is 0 Å². The van der Waals surface area contributed by atoms with E-state index in [0.29, 0.717) is 40.9 Å². The topological polar surface area (TPSA) is 50.8 Å². The number of nitrogens with zero attached hydrogens (tertiary/aromatic N) is 2. The molecule has 0 spiro atoms. The number of benzene rings is 1. The van der Waals surface area contributed by atoms with Crippen molar-refractivity contribution in [3.63, 3.8) is 0 Å². The standard InChI is InChI=1S/C16H14F3N3.C6H12O/c17-10-3-1-9(5-10)16-21-13-7-20-12-4-2-8(15(18)19)6-11(12)14(13)22-16;1-6-4-2-3-5-7-6/h2,4,6-7,9-10,15H,1,3,5H2,(H,21,22);6H,2-5H2,1H3/t;6-/m.1/s1. The van der Waals surface area contributed by atoms with Crippen molar-refractivity contribution in [3.05, 3.63) is 35.8 Å². The van der Waals surface area contributed by atoms with E-state index in [1.165, 1.54) is 31.4 Å². The zero-order valence-corrected chi connectivity index (χ0v) is 16.5. The number of pyridine rings is 1. The Morgan fingerprint density at radius 2 is 2.03 bits per heavy atom. The van der Waals surface area contributed by atoms with Gasteiger partial charge in [-0.05, 0) is 57.6 Å². The van der Waals surface area contributed by atoms with E-state index in [1.54, 1.807) is 12.3 Å². The Hall–Kier alpha value is -2.15. The first-order chi connectivity index (χ1) is 14.0. The summed E-state index contributed by atoms with van der Waals surface area (Å²) in [5, 5.41) is 0.604. The van der Waals surface area contributed by atoms with Crippen LogP contribution in [0.15, 0.2) is 24.4 Å². The molecule has 3 heterocycles. The number of halogens is 3. The first-order valence-electron chi connectivity index (χ1n) is 10.3. The normalized spacial score (nSPS) is 24.8. The summed E-state index contributed by atoms with van der Waals surface area (Å²) in [6.07, 6.45) is 4.55. The van der Waals surface area contributed by atoms with Gasteiger partial charge in [0.25, 0.3) is 6.43 Å². The molecule has 1 N–H and O–H groups in total. The predicted molar refractivity (Wildman–Crippen MR) is 107 cm³/mol. The highest BCUT2D eigenvalue weighted by Crippen LogP contribution is 2.36. The molecular formula is C22H26F3N3O. The van der Waals surface area contributed by atoms with E-state index in [1.807, 2.05) is 0 Å². The Labute approximate surface area is 167 Å². The lowest BCUT2D eigenvalue weighted by atomic mass is 10.1. The molecule has 0 bridgehead atoms. The molecule has 2 fully saturated rings. The molecule has 2 aliphatic rings. The number of aromatic nitrogens is 3. The molecule has 1 saturated heterocycles. The van der Waals surface area contributed by atoms with Crippen molar-refractivity contribution >= 4 is 21.9 Å². The van der Waals surface area contributed by atoms with Crippen LogP contribution in [-0.2, 0) is 4.74 Å². The highest BCUT2D eigenvalue weighted by atomic mass is 19.3. The summed E-state index contributed by atoms with van der Waals surface area (Å²) in [7, 11) is 0. The van der Waals surface area contributed by atoms with Gasteiger partial charge >= 0.3 is 0 Å². The van der Waals surface area contributed by atoms with Crippen molar-refractivity contribution < 1.29 is 17.9 Å². The largest absolute Gasteiger partial charge is 0.379 e. The number of ether oxygens (including phenoxy) is 1. The average molecular weight is 405 g/mol. The van der Waals surface area contributed by atoms with Crippen LogP contribution < -0.4 is 0 Å². The summed E-state index contributed by atoms with van der Waals surface area (Å²) < 4.78 is 44.4. The van der Waals surface area contributed by atoms with Crippen LogP contribution in [0.5, 0.6) is 0 Å². The number of nitrogens with one attached hydrogen (secondary N) is 1. The second kappa shape index (κ2) is 8.69. The number of alkyl halides is 3. The quantitative estimate of drug-likeness (QED) is 0.550. The Balaban J connectivity index is 0.000000249. The van der Waals surface area contributed by atoms with Crippen molar-refractivity contribution in [1.82, 2.24) is 15.0 Å². The van der Waals surface area contributed by atoms with Gasteiger partial charge in [0.05, 0.1) is 28.9 Å². The highest BCUT2D eigenvalue weighted by molar-refractivity contribution is 6.02. The zero-order valence-electron chi connectivity index (χ0n) is 16.5. The fourth-order valence-electron chi connectivity index (χ4n) is 4.10. The van der Waals surface area contributed by atoms with Gasteiger partial charge in [-0.2, -0.15) is 0 Å². The highest BCUT2D eigenvalue weighted by Gasteiger charge is 2.28. The molecule has 4 nitrogen and oxygen atoms in total. The smallest absolute Gasteiger partial charge is 0.263 e. The van der Waals surface area contributed by atoms with Crippen LogP contribution in [0, 0.1) is 0 Å². The van der Waals surface area contributed by atoms with E-state index in [9.17, 15) is 13.2 Å². The Bertz CT molecular complexity index is 968. The second-order valence-corrected chi connectivity index (χ2v) is 8.00. The van der Waals surface area contributed by atoms with E-state index in [4.69, 9.17) is 4.74 Å². The lowest BCUT2D eigenvalue weighted by Gasteiger charge is -2.17. The summed E-state index contributed by atoms with van der Waals surface area (Å²) in [5.74, 6) is 0.794. The van der Waals surface area contributed by atoms with Gasteiger partial charge in [0.1, 0.15) is 12.0 Å². The minimum Gasteiger partial charge on any atom is -0.379 e. The third-order valence-corrected chi connectivity index (χ3v) is 5.77. The number of hydrogen-bond acceptors (Lipinski definition) is 3. The SMILES string of the molecule is C[C@@H]1CCCCO1.FC1CCC(c2nc3c(cnc4ccc(C(F)F)cc43)[nH]2)C1. The molecule has 2 unspecified atom stereocenters. The van der Waals surface area contributed by atoms with Crippen LogP contribution in [-0.4, -0.2) is 33.8 Å². The maximum Gasteiger partial charge on any atom is 0.263 e. The summed E-state index contributed by atoms with van der Waals surface area (Å²) in [6, 6.07) is 4.40. The summed E-state index contributed by atoms with van der Waals surface area (Å²) in [4.78, 5) is 12.0. The van der Waals surface area contributed by atoms with Crippen LogP contribution >= 0.6 is 0 Å².